The molecule has 0 bridgehead atoms. The minimum absolute atomic E-state index is 0.254. The molecule has 1 aromatic rings. The number of benzene rings is 1. The van der Waals surface area contributed by atoms with Crippen molar-refractivity contribution in [2.24, 2.45) is 0 Å². The van der Waals surface area contributed by atoms with Crippen LogP contribution in [0.3, 0.4) is 0 Å². The van der Waals surface area contributed by atoms with Crippen LogP contribution in [0.15, 0.2) is 24.3 Å². The monoisotopic (exact) mass is 267 g/mol. The Morgan fingerprint density at radius 1 is 1.21 bits per heavy atom. The van der Waals surface area contributed by atoms with Crippen LogP contribution in [0.4, 0.5) is 0 Å². The van der Waals surface area contributed by atoms with E-state index < -0.39 is 0 Å². The highest BCUT2D eigenvalue weighted by molar-refractivity contribution is 5.39. The summed E-state index contributed by atoms with van der Waals surface area (Å²) in [6.07, 6.45) is 1.81. The maximum atomic E-state index is 8.75. The summed E-state index contributed by atoms with van der Waals surface area (Å²) in [5.41, 5.74) is 0. The van der Waals surface area contributed by atoms with Gasteiger partial charge in [0, 0.05) is 19.2 Å². The summed E-state index contributed by atoms with van der Waals surface area (Å²) >= 11 is 0. The minimum atomic E-state index is 0.254. The maximum absolute atomic E-state index is 8.75. The number of aliphatic hydroxyl groups excluding tert-OH is 1. The van der Waals surface area contributed by atoms with Gasteiger partial charge in [0.2, 0.25) is 0 Å². The molecule has 0 saturated heterocycles. The fourth-order valence-electron chi connectivity index (χ4n) is 1.81. The molecule has 0 aliphatic carbocycles. The van der Waals surface area contributed by atoms with Crippen LogP contribution in [0.25, 0.3) is 0 Å². The third-order valence-corrected chi connectivity index (χ3v) is 2.80. The van der Waals surface area contributed by atoms with Gasteiger partial charge in [0.1, 0.15) is 6.61 Å². The van der Waals surface area contributed by atoms with Gasteiger partial charge in [-0.1, -0.05) is 12.1 Å². The molecule has 0 aliphatic rings. The molecule has 0 saturated carbocycles. The van der Waals surface area contributed by atoms with Crippen LogP contribution in [-0.4, -0.2) is 37.5 Å². The van der Waals surface area contributed by atoms with E-state index in [4.69, 9.17) is 14.6 Å². The Kier molecular flexibility index (Phi) is 8.02. The van der Waals surface area contributed by atoms with E-state index in [2.05, 4.69) is 12.2 Å². The van der Waals surface area contributed by atoms with Crippen LogP contribution in [0.5, 0.6) is 11.5 Å². The van der Waals surface area contributed by atoms with Gasteiger partial charge in [0.15, 0.2) is 11.5 Å². The van der Waals surface area contributed by atoms with E-state index in [0.717, 1.165) is 30.9 Å². The molecule has 108 valence electrons. The second kappa shape index (κ2) is 9.64. The van der Waals surface area contributed by atoms with Crippen molar-refractivity contribution in [1.82, 2.24) is 5.32 Å². The summed E-state index contributed by atoms with van der Waals surface area (Å²) < 4.78 is 11.2. The molecule has 4 nitrogen and oxygen atoms in total. The molecule has 1 aromatic carbocycles. The van der Waals surface area contributed by atoms with Crippen molar-refractivity contribution >= 4 is 0 Å². The largest absolute Gasteiger partial charge is 0.490 e. The van der Waals surface area contributed by atoms with E-state index in [0.29, 0.717) is 19.3 Å². The Morgan fingerprint density at radius 3 is 2.53 bits per heavy atom. The molecular weight excluding hydrogens is 242 g/mol. The number of ether oxygens (including phenoxy) is 2. The lowest BCUT2D eigenvalue weighted by molar-refractivity contribution is 0.262. The molecule has 1 rings (SSSR count). The Bertz CT molecular complexity index is 344. The first-order chi connectivity index (χ1) is 9.27. The quantitative estimate of drug-likeness (QED) is 0.638. The van der Waals surface area contributed by atoms with Crippen molar-refractivity contribution in [1.29, 1.82) is 0 Å². The molecular formula is C15H25NO3. The van der Waals surface area contributed by atoms with Crippen LogP contribution in [0.2, 0.25) is 0 Å². The van der Waals surface area contributed by atoms with Gasteiger partial charge in [-0.15, -0.1) is 0 Å². The normalized spacial score (nSPS) is 12.2. The number of nitrogens with one attached hydrogen (secondary N) is 1. The molecule has 0 aliphatic heterocycles. The standard InChI is InChI=1S/C15H25NO3/c1-3-18-14-8-4-5-9-15(14)19-12-10-16-13(2)7-6-11-17/h4-5,8-9,13,16-17H,3,6-7,10-12H2,1-2H3. The smallest absolute Gasteiger partial charge is 0.161 e. The van der Waals surface area contributed by atoms with Gasteiger partial charge < -0.3 is 19.9 Å². The molecule has 0 amide bonds. The predicted octanol–water partition coefficient (Wildman–Crippen LogP) is 2.21. The zero-order valence-corrected chi connectivity index (χ0v) is 11.9. The van der Waals surface area contributed by atoms with Gasteiger partial charge in [-0.25, -0.2) is 0 Å². The van der Waals surface area contributed by atoms with Crippen molar-refractivity contribution in [3.8, 4) is 11.5 Å². The number of aliphatic hydroxyl groups is 1. The molecule has 0 fully saturated rings. The van der Waals surface area contributed by atoms with Crippen LogP contribution in [-0.2, 0) is 0 Å². The van der Waals surface area contributed by atoms with Crippen molar-refractivity contribution in [3.63, 3.8) is 0 Å². The number of hydrogen-bond acceptors (Lipinski definition) is 4. The second-order valence-electron chi connectivity index (χ2n) is 4.45. The highest BCUT2D eigenvalue weighted by Gasteiger charge is 2.04. The molecule has 1 atom stereocenters. The van der Waals surface area contributed by atoms with Crippen molar-refractivity contribution in [2.45, 2.75) is 32.7 Å². The predicted molar refractivity (Wildman–Crippen MR) is 76.9 cm³/mol. The van der Waals surface area contributed by atoms with Crippen LogP contribution in [0.1, 0.15) is 26.7 Å². The fourth-order valence-corrected chi connectivity index (χ4v) is 1.81. The summed E-state index contributed by atoms with van der Waals surface area (Å²) in [4.78, 5) is 0. The first-order valence-electron chi connectivity index (χ1n) is 6.96. The van der Waals surface area contributed by atoms with Gasteiger partial charge in [-0.2, -0.15) is 0 Å². The van der Waals surface area contributed by atoms with Gasteiger partial charge in [0.25, 0.3) is 0 Å². The Balaban J connectivity index is 2.25. The SMILES string of the molecule is CCOc1ccccc1OCCNC(C)CCCO. The van der Waals surface area contributed by atoms with E-state index in [1.54, 1.807) is 0 Å². The number of para-hydroxylation sites is 2. The molecule has 0 spiro atoms. The molecule has 0 radical (unpaired) electrons. The summed E-state index contributed by atoms with van der Waals surface area (Å²) in [6, 6.07) is 8.11. The third-order valence-electron chi connectivity index (χ3n) is 2.80. The van der Waals surface area contributed by atoms with E-state index in [1.165, 1.54) is 0 Å². The molecule has 0 heterocycles. The highest BCUT2D eigenvalue weighted by atomic mass is 16.5. The fraction of sp³-hybridized carbons (Fsp3) is 0.600. The zero-order valence-electron chi connectivity index (χ0n) is 11.9. The first kappa shape index (κ1) is 15.8. The Labute approximate surface area is 115 Å². The topological polar surface area (TPSA) is 50.7 Å². The summed E-state index contributed by atoms with van der Waals surface area (Å²) in [5, 5.41) is 12.1. The highest BCUT2D eigenvalue weighted by Crippen LogP contribution is 2.25. The van der Waals surface area contributed by atoms with Crippen LogP contribution in [0, 0.1) is 0 Å². The molecule has 1 unspecified atom stereocenters. The van der Waals surface area contributed by atoms with Crippen LogP contribution >= 0.6 is 0 Å². The third kappa shape index (κ3) is 6.45. The van der Waals surface area contributed by atoms with Gasteiger partial charge in [0.05, 0.1) is 6.61 Å². The number of rotatable bonds is 10. The van der Waals surface area contributed by atoms with Gasteiger partial charge in [-0.05, 0) is 38.8 Å². The van der Waals surface area contributed by atoms with E-state index in [-0.39, 0.29) is 6.61 Å². The van der Waals surface area contributed by atoms with E-state index in [9.17, 15) is 0 Å². The number of hydrogen-bond donors (Lipinski definition) is 2. The van der Waals surface area contributed by atoms with Gasteiger partial charge in [-0.3, -0.25) is 0 Å². The summed E-state index contributed by atoms with van der Waals surface area (Å²) in [5.74, 6) is 1.58. The lowest BCUT2D eigenvalue weighted by atomic mass is 10.2. The second-order valence-corrected chi connectivity index (χ2v) is 4.45. The minimum Gasteiger partial charge on any atom is -0.490 e. The van der Waals surface area contributed by atoms with E-state index in [1.807, 2.05) is 31.2 Å². The molecule has 0 aromatic heterocycles. The van der Waals surface area contributed by atoms with Crippen molar-refractivity contribution in [3.05, 3.63) is 24.3 Å². The Morgan fingerprint density at radius 2 is 1.89 bits per heavy atom. The lowest BCUT2D eigenvalue weighted by Gasteiger charge is -2.15. The summed E-state index contributed by atoms with van der Waals surface area (Å²) in [7, 11) is 0. The first-order valence-corrected chi connectivity index (χ1v) is 6.96. The molecule has 19 heavy (non-hydrogen) atoms. The van der Waals surface area contributed by atoms with E-state index >= 15 is 0 Å². The van der Waals surface area contributed by atoms with Crippen LogP contribution < -0.4 is 14.8 Å². The van der Waals surface area contributed by atoms with Crippen molar-refractivity contribution < 1.29 is 14.6 Å². The lowest BCUT2D eigenvalue weighted by Crippen LogP contribution is -2.30. The van der Waals surface area contributed by atoms with Crippen molar-refractivity contribution in [2.75, 3.05) is 26.4 Å². The van der Waals surface area contributed by atoms with Gasteiger partial charge >= 0.3 is 0 Å². The average Bonchev–Trinajstić information content (AvgIpc) is 2.43. The average molecular weight is 267 g/mol. The molecule has 4 heteroatoms. The molecule has 2 N–H and O–H groups in total. The zero-order chi connectivity index (χ0) is 13.9. The Hall–Kier alpha value is -1.26. The summed E-state index contributed by atoms with van der Waals surface area (Å²) in [6.45, 7) is 6.35. The maximum Gasteiger partial charge on any atom is 0.161 e.